The van der Waals surface area contributed by atoms with Crippen LogP contribution in [0.1, 0.15) is 20.8 Å². The molecule has 1 fully saturated rings. The third kappa shape index (κ3) is 0.405. The minimum absolute atomic E-state index is 0.0179. The number of carbonyl (C=O) groups excluding carboxylic acids is 1. The van der Waals surface area contributed by atoms with Crippen LogP contribution in [0.4, 0.5) is 0 Å². The van der Waals surface area contributed by atoms with Crippen LogP contribution < -0.4 is 0 Å². The second-order valence-corrected chi connectivity index (χ2v) is 3.80. The summed E-state index contributed by atoms with van der Waals surface area (Å²) in [5.74, 6) is 1.53. The number of rotatable bonds is 0. The quantitative estimate of drug-likeness (QED) is 0.496. The van der Waals surface area contributed by atoms with Crippen molar-refractivity contribution in [1.82, 2.24) is 0 Å². The zero-order valence-corrected chi connectivity index (χ0v) is 6.64. The van der Waals surface area contributed by atoms with Crippen molar-refractivity contribution in [1.29, 1.82) is 0 Å². The molecule has 0 unspecified atom stereocenters. The summed E-state index contributed by atoms with van der Waals surface area (Å²) in [6, 6.07) is 0. The third-order valence-electron chi connectivity index (χ3n) is 3.36. The topological polar surface area (TPSA) is 17.1 Å². The minimum atomic E-state index is 0.0179. The van der Waals surface area contributed by atoms with Gasteiger partial charge in [-0.25, -0.2) is 0 Å². The molecule has 1 saturated carbocycles. The van der Waals surface area contributed by atoms with Crippen LogP contribution >= 0.6 is 0 Å². The first kappa shape index (κ1) is 6.14. The monoisotopic (exact) mass is 136 g/mol. The van der Waals surface area contributed by atoms with Crippen molar-refractivity contribution in [3.63, 3.8) is 0 Å². The van der Waals surface area contributed by atoms with Crippen molar-refractivity contribution in [3.8, 4) is 0 Å². The van der Waals surface area contributed by atoms with Gasteiger partial charge in [-0.15, -0.1) is 0 Å². The van der Waals surface area contributed by atoms with Gasteiger partial charge < -0.3 is 0 Å². The molecule has 0 radical (unpaired) electrons. The summed E-state index contributed by atoms with van der Waals surface area (Å²) in [6.07, 6.45) is 1.81. The van der Waals surface area contributed by atoms with Gasteiger partial charge in [-0.3, -0.25) is 4.79 Å². The van der Waals surface area contributed by atoms with Gasteiger partial charge in [0.05, 0.1) is 0 Å². The molecule has 0 aromatic carbocycles. The van der Waals surface area contributed by atoms with E-state index in [9.17, 15) is 4.79 Å². The standard InChI is InChI=1S/C9H12O/c1-5-4-7(10)9(3)6(2)8(5)9/h4,6,8H,1-3H3/t6-,8+,9+/m1/s1. The van der Waals surface area contributed by atoms with E-state index in [-0.39, 0.29) is 5.41 Å². The number of hydrogen-bond donors (Lipinski definition) is 0. The van der Waals surface area contributed by atoms with E-state index in [1.807, 2.05) is 6.08 Å². The Morgan fingerprint density at radius 2 is 2.20 bits per heavy atom. The lowest BCUT2D eigenvalue weighted by atomic mass is 10.0. The van der Waals surface area contributed by atoms with Gasteiger partial charge in [-0.1, -0.05) is 19.4 Å². The Hall–Kier alpha value is -0.590. The Kier molecular flexibility index (Phi) is 0.837. The smallest absolute Gasteiger partial charge is 0.162 e. The number of fused-ring (bicyclic) bond motifs is 1. The van der Waals surface area contributed by atoms with Crippen molar-refractivity contribution < 1.29 is 4.79 Å². The summed E-state index contributed by atoms with van der Waals surface area (Å²) in [4.78, 5) is 11.3. The van der Waals surface area contributed by atoms with Crippen molar-refractivity contribution in [2.45, 2.75) is 20.8 Å². The second kappa shape index (κ2) is 1.36. The van der Waals surface area contributed by atoms with Crippen molar-refractivity contribution >= 4 is 5.78 Å². The molecule has 10 heavy (non-hydrogen) atoms. The van der Waals surface area contributed by atoms with E-state index < -0.39 is 0 Å². The Labute approximate surface area is 61.1 Å². The first-order valence-electron chi connectivity index (χ1n) is 3.81. The summed E-state index contributed by atoms with van der Waals surface area (Å²) in [6.45, 7) is 6.31. The number of carbonyl (C=O) groups is 1. The zero-order valence-electron chi connectivity index (χ0n) is 6.64. The fourth-order valence-electron chi connectivity index (χ4n) is 2.42. The fourth-order valence-corrected chi connectivity index (χ4v) is 2.42. The lowest BCUT2D eigenvalue weighted by Gasteiger charge is -1.99. The Morgan fingerprint density at radius 3 is 2.40 bits per heavy atom. The largest absolute Gasteiger partial charge is 0.294 e. The molecule has 54 valence electrons. The highest BCUT2D eigenvalue weighted by atomic mass is 16.1. The molecule has 0 amide bonds. The highest BCUT2D eigenvalue weighted by molar-refractivity contribution is 6.02. The fraction of sp³-hybridized carbons (Fsp3) is 0.667. The maximum atomic E-state index is 11.3. The molecule has 1 nitrogen and oxygen atoms in total. The normalized spacial score (nSPS) is 50.7. The van der Waals surface area contributed by atoms with Gasteiger partial charge in [0.2, 0.25) is 0 Å². The van der Waals surface area contributed by atoms with E-state index in [0.29, 0.717) is 17.6 Å². The molecule has 0 heterocycles. The highest BCUT2D eigenvalue weighted by Gasteiger charge is 2.65. The SMILES string of the molecule is CC1=CC(=O)[C@]2(C)[C@H](C)[C@H]12. The van der Waals surface area contributed by atoms with Crippen LogP contribution in [-0.2, 0) is 4.79 Å². The zero-order chi connectivity index (χ0) is 7.52. The van der Waals surface area contributed by atoms with Gasteiger partial charge in [0.1, 0.15) is 0 Å². The first-order chi connectivity index (χ1) is 4.58. The lowest BCUT2D eigenvalue weighted by Crippen LogP contribution is -2.08. The van der Waals surface area contributed by atoms with E-state index in [1.54, 1.807) is 0 Å². The van der Waals surface area contributed by atoms with Crippen LogP contribution in [0.25, 0.3) is 0 Å². The lowest BCUT2D eigenvalue weighted by molar-refractivity contribution is -0.119. The van der Waals surface area contributed by atoms with Crippen LogP contribution in [0, 0.1) is 17.3 Å². The molecule has 2 aliphatic carbocycles. The number of hydrogen-bond acceptors (Lipinski definition) is 1. The average molecular weight is 136 g/mol. The molecular weight excluding hydrogens is 124 g/mol. The van der Waals surface area contributed by atoms with Gasteiger partial charge in [0.15, 0.2) is 5.78 Å². The number of ketones is 1. The van der Waals surface area contributed by atoms with Crippen molar-refractivity contribution in [2.24, 2.45) is 17.3 Å². The third-order valence-corrected chi connectivity index (χ3v) is 3.36. The van der Waals surface area contributed by atoms with E-state index in [4.69, 9.17) is 0 Å². The summed E-state index contributed by atoms with van der Waals surface area (Å²) in [5, 5.41) is 0. The van der Waals surface area contributed by atoms with Crippen LogP contribution in [0.3, 0.4) is 0 Å². The molecule has 2 aliphatic rings. The second-order valence-electron chi connectivity index (χ2n) is 3.80. The molecule has 0 spiro atoms. The average Bonchev–Trinajstić information content (AvgIpc) is 2.28. The minimum Gasteiger partial charge on any atom is -0.294 e. The molecule has 0 bridgehead atoms. The molecule has 0 aromatic rings. The molecule has 0 aliphatic heterocycles. The van der Waals surface area contributed by atoms with Crippen LogP contribution in [0.5, 0.6) is 0 Å². The van der Waals surface area contributed by atoms with Crippen LogP contribution in [-0.4, -0.2) is 5.78 Å². The maximum absolute atomic E-state index is 11.3. The summed E-state index contributed by atoms with van der Waals surface area (Å²) in [7, 11) is 0. The molecule has 0 aromatic heterocycles. The van der Waals surface area contributed by atoms with Crippen LogP contribution in [0.2, 0.25) is 0 Å². The van der Waals surface area contributed by atoms with Gasteiger partial charge in [-0.2, -0.15) is 0 Å². The van der Waals surface area contributed by atoms with Crippen LogP contribution in [0.15, 0.2) is 11.6 Å². The molecule has 0 N–H and O–H groups in total. The Balaban J connectivity index is 2.42. The molecule has 0 saturated heterocycles. The number of allylic oxidation sites excluding steroid dienone is 2. The van der Waals surface area contributed by atoms with E-state index >= 15 is 0 Å². The summed E-state index contributed by atoms with van der Waals surface area (Å²) < 4.78 is 0. The summed E-state index contributed by atoms with van der Waals surface area (Å²) >= 11 is 0. The molecule has 3 atom stereocenters. The van der Waals surface area contributed by atoms with E-state index in [1.165, 1.54) is 5.57 Å². The maximum Gasteiger partial charge on any atom is 0.162 e. The predicted octanol–water partition coefficient (Wildman–Crippen LogP) is 1.79. The van der Waals surface area contributed by atoms with E-state index in [0.717, 1.165) is 0 Å². The first-order valence-corrected chi connectivity index (χ1v) is 3.81. The Bertz CT molecular complexity index is 239. The molecule has 2 rings (SSSR count). The predicted molar refractivity (Wildman–Crippen MR) is 39.5 cm³/mol. The van der Waals surface area contributed by atoms with Gasteiger partial charge in [0.25, 0.3) is 0 Å². The molecule has 1 heteroatoms. The molecular formula is C9H12O. The van der Waals surface area contributed by atoms with Gasteiger partial charge >= 0.3 is 0 Å². The van der Waals surface area contributed by atoms with Gasteiger partial charge in [0, 0.05) is 5.41 Å². The van der Waals surface area contributed by atoms with E-state index in [2.05, 4.69) is 20.8 Å². The van der Waals surface area contributed by atoms with Gasteiger partial charge in [-0.05, 0) is 24.8 Å². The van der Waals surface area contributed by atoms with Crippen molar-refractivity contribution in [2.75, 3.05) is 0 Å². The Morgan fingerprint density at radius 1 is 1.60 bits per heavy atom. The highest BCUT2D eigenvalue weighted by Crippen LogP contribution is 2.65. The summed E-state index contributed by atoms with van der Waals surface area (Å²) in [5.41, 5.74) is 1.31. The van der Waals surface area contributed by atoms with Crippen molar-refractivity contribution in [3.05, 3.63) is 11.6 Å².